The highest BCUT2D eigenvalue weighted by atomic mass is 19.1. The van der Waals surface area contributed by atoms with Gasteiger partial charge in [-0.2, -0.15) is 0 Å². The first-order valence-electron chi connectivity index (χ1n) is 4.83. The lowest BCUT2D eigenvalue weighted by Gasteiger charge is -2.31. The topological polar surface area (TPSA) is 3.24 Å². The van der Waals surface area contributed by atoms with Crippen LogP contribution in [0.15, 0.2) is 0 Å². The fourth-order valence-corrected chi connectivity index (χ4v) is 2.07. The molecule has 0 aromatic heterocycles. The molecule has 1 spiro atoms. The van der Waals surface area contributed by atoms with Crippen molar-refractivity contribution >= 4 is 0 Å². The molecule has 1 unspecified atom stereocenters. The number of likely N-dealkylation sites (tertiary alicyclic amines) is 1. The van der Waals surface area contributed by atoms with Crippen LogP contribution in [0.5, 0.6) is 0 Å². The fraction of sp³-hybridized carbons (Fsp3) is 1.00. The molecule has 0 bridgehead atoms. The van der Waals surface area contributed by atoms with E-state index in [4.69, 9.17) is 0 Å². The Morgan fingerprint density at radius 3 is 2.17 bits per heavy atom. The molecule has 1 atom stereocenters. The van der Waals surface area contributed by atoms with Gasteiger partial charge in [-0.1, -0.05) is 0 Å². The van der Waals surface area contributed by atoms with Crippen LogP contribution >= 0.6 is 0 Å². The number of nitrogens with zero attached hydrogens (tertiary/aromatic N) is 1. The molecule has 70 valence electrons. The van der Waals surface area contributed by atoms with Crippen LogP contribution in [0.3, 0.4) is 0 Å². The van der Waals surface area contributed by atoms with Crippen LogP contribution in [0.4, 0.5) is 4.39 Å². The fourth-order valence-electron chi connectivity index (χ4n) is 2.07. The average molecular weight is 171 g/mol. The van der Waals surface area contributed by atoms with Gasteiger partial charge in [0.2, 0.25) is 0 Å². The maximum absolute atomic E-state index is 13.5. The number of rotatable bonds is 0. The van der Waals surface area contributed by atoms with Crippen LogP contribution in [0, 0.1) is 5.41 Å². The third-order valence-corrected chi connectivity index (χ3v) is 3.39. The number of hydrogen-bond donors (Lipinski definition) is 0. The Morgan fingerprint density at radius 2 is 1.92 bits per heavy atom. The number of hydrogen-bond acceptors (Lipinski definition) is 1. The molecule has 2 fully saturated rings. The Kier molecular flexibility index (Phi) is 1.57. The number of alkyl halides is 1. The minimum Gasteiger partial charge on any atom is -0.295 e. The van der Waals surface area contributed by atoms with Crippen molar-refractivity contribution in [3.63, 3.8) is 0 Å². The molecular weight excluding hydrogens is 153 g/mol. The van der Waals surface area contributed by atoms with E-state index in [0.717, 1.165) is 19.4 Å². The van der Waals surface area contributed by atoms with Crippen molar-refractivity contribution in [2.45, 2.75) is 45.3 Å². The monoisotopic (exact) mass is 171 g/mol. The predicted octanol–water partition coefficient (Wildman–Crippen LogP) is 2.22. The van der Waals surface area contributed by atoms with Gasteiger partial charge in [0, 0.05) is 24.0 Å². The Hall–Kier alpha value is -0.110. The van der Waals surface area contributed by atoms with Crippen molar-refractivity contribution in [3.8, 4) is 0 Å². The van der Waals surface area contributed by atoms with Gasteiger partial charge in [-0.3, -0.25) is 4.90 Å². The van der Waals surface area contributed by atoms with Crippen LogP contribution in [0.1, 0.15) is 33.6 Å². The van der Waals surface area contributed by atoms with E-state index in [1.54, 1.807) is 0 Å². The maximum Gasteiger partial charge on any atom is 0.120 e. The SMILES string of the molecule is CC(C)(C)N1CC(F)C2(CC2)C1. The lowest BCUT2D eigenvalue weighted by Crippen LogP contribution is -2.39. The third kappa shape index (κ3) is 1.17. The quantitative estimate of drug-likeness (QED) is 0.540. The summed E-state index contributed by atoms with van der Waals surface area (Å²) >= 11 is 0. The van der Waals surface area contributed by atoms with Gasteiger partial charge in [-0.25, -0.2) is 4.39 Å². The van der Waals surface area contributed by atoms with Gasteiger partial charge in [0.05, 0.1) is 0 Å². The van der Waals surface area contributed by atoms with E-state index in [0.29, 0.717) is 6.54 Å². The predicted molar refractivity (Wildman–Crippen MR) is 47.9 cm³/mol. The first-order valence-corrected chi connectivity index (χ1v) is 4.83. The average Bonchev–Trinajstić information content (AvgIpc) is 2.57. The molecule has 1 saturated carbocycles. The van der Waals surface area contributed by atoms with E-state index in [1.165, 1.54) is 0 Å². The Balaban J connectivity index is 2.06. The zero-order valence-electron chi connectivity index (χ0n) is 8.23. The molecule has 0 N–H and O–H groups in total. The summed E-state index contributed by atoms with van der Waals surface area (Å²) in [6, 6.07) is 0. The molecule has 1 aliphatic heterocycles. The summed E-state index contributed by atoms with van der Waals surface area (Å²) in [4.78, 5) is 2.28. The first-order chi connectivity index (χ1) is 5.44. The molecule has 1 saturated heterocycles. The van der Waals surface area contributed by atoms with E-state index in [2.05, 4.69) is 25.7 Å². The summed E-state index contributed by atoms with van der Waals surface area (Å²) in [5.41, 5.74) is 0.240. The minimum absolute atomic E-state index is 0.0906. The van der Waals surface area contributed by atoms with Gasteiger partial charge in [0.25, 0.3) is 0 Å². The second-order valence-electron chi connectivity index (χ2n) is 5.38. The summed E-state index contributed by atoms with van der Waals surface area (Å²) < 4.78 is 13.5. The van der Waals surface area contributed by atoms with E-state index in [1.807, 2.05) is 0 Å². The third-order valence-electron chi connectivity index (χ3n) is 3.39. The van der Waals surface area contributed by atoms with Crippen LogP contribution < -0.4 is 0 Å². The highest BCUT2D eigenvalue weighted by Gasteiger charge is 2.57. The van der Waals surface area contributed by atoms with Crippen molar-refractivity contribution in [2.75, 3.05) is 13.1 Å². The molecule has 0 radical (unpaired) electrons. The second-order valence-corrected chi connectivity index (χ2v) is 5.38. The van der Waals surface area contributed by atoms with Crippen LogP contribution in [0.2, 0.25) is 0 Å². The van der Waals surface area contributed by atoms with E-state index in [9.17, 15) is 4.39 Å². The molecule has 2 rings (SSSR count). The van der Waals surface area contributed by atoms with Gasteiger partial charge in [0.15, 0.2) is 0 Å². The normalized spacial score (nSPS) is 34.5. The summed E-state index contributed by atoms with van der Waals surface area (Å²) in [6.07, 6.45) is 1.67. The van der Waals surface area contributed by atoms with E-state index >= 15 is 0 Å². The summed E-state index contributed by atoms with van der Waals surface area (Å²) in [6.45, 7) is 8.14. The van der Waals surface area contributed by atoms with E-state index in [-0.39, 0.29) is 11.0 Å². The van der Waals surface area contributed by atoms with E-state index < -0.39 is 6.17 Å². The first kappa shape index (κ1) is 8.49. The number of halogens is 1. The van der Waals surface area contributed by atoms with Crippen molar-refractivity contribution in [1.82, 2.24) is 4.90 Å². The molecule has 0 amide bonds. The molecule has 12 heavy (non-hydrogen) atoms. The zero-order valence-corrected chi connectivity index (χ0v) is 8.23. The van der Waals surface area contributed by atoms with Crippen molar-refractivity contribution in [3.05, 3.63) is 0 Å². The second kappa shape index (κ2) is 2.22. The smallest absolute Gasteiger partial charge is 0.120 e. The molecule has 0 aromatic rings. The molecular formula is C10H18FN. The summed E-state index contributed by atoms with van der Waals surface area (Å²) in [5.74, 6) is 0. The van der Waals surface area contributed by atoms with Gasteiger partial charge >= 0.3 is 0 Å². The highest BCUT2D eigenvalue weighted by Crippen LogP contribution is 2.55. The standard InChI is InChI=1S/C10H18FN/c1-9(2,3)12-6-8(11)10(7-12)4-5-10/h8H,4-7H2,1-3H3. The Bertz CT molecular complexity index is 191. The Morgan fingerprint density at radius 1 is 1.33 bits per heavy atom. The largest absolute Gasteiger partial charge is 0.295 e. The highest BCUT2D eigenvalue weighted by molar-refractivity contribution is 5.08. The lowest BCUT2D eigenvalue weighted by molar-refractivity contribution is 0.160. The van der Waals surface area contributed by atoms with Gasteiger partial charge < -0.3 is 0 Å². The molecule has 1 nitrogen and oxygen atoms in total. The van der Waals surface area contributed by atoms with Crippen LogP contribution in [-0.2, 0) is 0 Å². The van der Waals surface area contributed by atoms with Gasteiger partial charge in [-0.05, 0) is 33.6 Å². The lowest BCUT2D eigenvalue weighted by atomic mass is 10.0. The zero-order chi connectivity index (χ0) is 8.98. The maximum atomic E-state index is 13.5. The van der Waals surface area contributed by atoms with Crippen LogP contribution in [0.25, 0.3) is 0 Å². The van der Waals surface area contributed by atoms with Gasteiger partial charge in [-0.15, -0.1) is 0 Å². The molecule has 1 aliphatic carbocycles. The van der Waals surface area contributed by atoms with Crippen LogP contribution in [-0.4, -0.2) is 29.7 Å². The molecule has 2 aliphatic rings. The summed E-state index contributed by atoms with van der Waals surface area (Å²) in [7, 11) is 0. The molecule has 1 heterocycles. The molecule has 0 aromatic carbocycles. The van der Waals surface area contributed by atoms with Gasteiger partial charge in [0.1, 0.15) is 6.17 Å². The van der Waals surface area contributed by atoms with Crippen molar-refractivity contribution < 1.29 is 4.39 Å². The molecule has 2 heteroatoms. The summed E-state index contributed by atoms with van der Waals surface area (Å²) in [5, 5.41) is 0. The van der Waals surface area contributed by atoms with Crippen molar-refractivity contribution in [2.24, 2.45) is 5.41 Å². The van der Waals surface area contributed by atoms with Crippen molar-refractivity contribution in [1.29, 1.82) is 0 Å². The Labute approximate surface area is 73.9 Å². The minimum atomic E-state index is -0.559.